The number of aliphatic carboxylic acids is 1. The van der Waals surface area contributed by atoms with Crippen molar-refractivity contribution in [3.05, 3.63) is 59.7 Å². The Bertz CT molecular complexity index is 1030. The number of urea groups is 1. The maximum absolute atomic E-state index is 12.5. The van der Waals surface area contributed by atoms with Crippen LogP contribution in [0.25, 0.3) is 0 Å². The Hall–Kier alpha value is -4.12. The molecule has 0 spiro atoms. The summed E-state index contributed by atoms with van der Waals surface area (Å²) in [6.07, 6.45) is 0.0974. The highest BCUT2D eigenvalue weighted by atomic mass is 16.5. The highest BCUT2D eigenvalue weighted by molar-refractivity contribution is 6.04. The normalized spacial score (nSPS) is 14.1. The van der Waals surface area contributed by atoms with Gasteiger partial charge in [-0.25, -0.2) is 14.6 Å². The first kappa shape index (κ1) is 23.5. The first-order chi connectivity index (χ1) is 15.8. The highest BCUT2D eigenvalue weighted by Crippen LogP contribution is 2.17. The van der Waals surface area contributed by atoms with Gasteiger partial charge in [0.25, 0.3) is 5.91 Å². The molecule has 1 unspecified atom stereocenters. The molecule has 0 aromatic heterocycles. The van der Waals surface area contributed by atoms with E-state index in [4.69, 9.17) is 16.2 Å². The lowest BCUT2D eigenvalue weighted by atomic mass is 10.1. The van der Waals surface area contributed by atoms with E-state index in [0.717, 1.165) is 0 Å². The van der Waals surface area contributed by atoms with Crippen LogP contribution in [0, 0.1) is 0 Å². The fourth-order valence-corrected chi connectivity index (χ4v) is 3.24. The number of nitrogens with one attached hydrogen (secondary N) is 2. The van der Waals surface area contributed by atoms with E-state index in [9.17, 15) is 19.5 Å². The molecule has 3 amide bonds. The lowest BCUT2D eigenvalue weighted by molar-refractivity contribution is -0.139. The summed E-state index contributed by atoms with van der Waals surface area (Å²) in [7, 11) is 0. The molecule has 0 aliphatic carbocycles. The number of carbonyl (C=O) groups is 3. The number of hydrogen-bond donors (Lipinski definition) is 5. The largest absolute Gasteiger partial charge is 0.480 e. The van der Waals surface area contributed by atoms with Crippen molar-refractivity contribution in [3.63, 3.8) is 0 Å². The number of ether oxygens (including phenoxy) is 1. The number of hydrogen-bond acceptors (Lipinski definition) is 5. The Morgan fingerprint density at radius 1 is 1.09 bits per heavy atom. The Labute approximate surface area is 190 Å². The zero-order valence-corrected chi connectivity index (χ0v) is 17.9. The van der Waals surface area contributed by atoms with Gasteiger partial charge in [-0.3, -0.25) is 4.79 Å². The maximum Gasteiger partial charge on any atom is 0.326 e. The summed E-state index contributed by atoms with van der Waals surface area (Å²) >= 11 is 0. The van der Waals surface area contributed by atoms with E-state index in [1.807, 2.05) is 0 Å². The summed E-state index contributed by atoms with van der Waals surface area (Å²) in [6.45, 7) is 1.69. The van der Waals surface area contributed by atoms with Gasteiger partial charge in [0.1, 0.15) is 6.04 Å². The van der Waals surface area contributed by atoms with Crippen LogP contribution in [0.15, 0.2) is 53.5 Å². The Morgan fingerprint density at radius 2 is 1.79 bits per heavy atom. The number of benzene rings is 2. The minimum atomic E-state index is -1.13. The number of nitrogens with two attached hydrogens (primary N) is 2. The number of amides is 3. The lowest BCUT2D eigenvalue weighted by Crippen LogP contribution is -2.51. The Morgan fingerprint density at radius 3 is 2.42 bits per heavy atom. The summed E-state index contributed by atoms with van der Waals surface area (Å²) in [4.78, 5) is 41.9. The molecular formula is C22H26N6O5. The molecule has 1 aliphatic rings. The van der Waals surface area contributed by atoms with Gasteiger partial charge < -0.3 is 36.8 Å². The van der Waals surface area contributed by atoms with E-state index in [0.29, 0.717) is 48.8 Å². The van der Waals surface area contributed by atoms with Gasteiger partial charge >= 0.3 is 12.0 Å². The van der Waals surface area contributed by atoms with Crippen LogP contribution in [0.4, 0.5) is 16.2 Å². The standard InChI is InChI=1S/C22H26N6O5/c23-21(24)26-17-3-1-2-15(13-17)19(29)25-16-6-4-14(5-7-16)12-18(20(30)31)27-22(32)28-8-10-33-11-9-28/h1-7,13,18H,8-12H2,(H,25,29)(H,27,32)(H,30,31)(H4,23,24,26). The molecule has 11 nitrogen and oxygen atoms in total. The number of morpholine rings is 1. The van der Waals surface area contributed by atoms with E-state index < -0.39 is 18.0 Å². The molecule has 174 valence electrons. The van der Waals surface area contributed by atoms with Crippen LogP contribution in [0.5, 0.6) is 0 Å². The van der Waals surface area contributed by atoms with E-state index >= 15 is 0 Å². The first-order valence-electron chi connectivity index (χ1n) is 10.3. The fraction of sp³-hybridized carbons (Fsp3) is 0.273. The van der Waals surface area contributed by atoms with E-state index in [1.54, 1.807) is 48.5 Å². The van der Waals surface area contributed by atoms with Gasteiger partial charge in [0.15, 0.2) is 5.96 Å². The van der Waals surface area contributed by atoms with Gasteiger partial charge in [0.2, 0.25) is 0 Å². The molecular weight excluding hydrogens is 428 g/mol. The summed E-state index contributed by atoms with van der Waals surface area (Å²) in [5.74, 6) is -1.59. The van der Waals surface area contributed by atoms with Crippen LogP contribution in [-0.2, 0) is 16.0 Å². The predicted octanol–water partition coefficient (Wildman–Crippen LogP) is 0.881. The van der Waals surface area contributed by atoms with E-state index in [-0.39, 0.29) is 18.3 Å². The molecule has 1 aliphatic heterocycles. The van der Waals surface area contributed by atoms with Gasteiger partial charge in [-0.15, -0.1) is 0 Å². The van der Waals surface area contributed by atoms with Crippen LogP contribution in [-0.4, -0.2) is 66.2 Å². The molecule has 0 bridgehead atoms. The second-order valence-corrected chi connectivity index (χ2v) is 7.38. The Balaban J connectivity index is 1.60. The molecule has 2 aromatic rings. The molecule has 7 N–H and O–H groups in total. The SMILES string of the molecule is NC(N)=Nc1cccc(C(=O)Nc2ccc(CC(NC(=O)N3CCOCC3)C(=O)O)cc2)c1. The number of anilines is 1. The third-order valence-electron chi connectivity index (χ3n) is 4.91. The molecule has 1 atom stereocenters. The van der Waals surface area contributed by atoms with Crippen molar-refractivity contribution < 1.29 is 24.2 Å². The van der Waals surface area contributed by atoms with Crippen LogP contribution in [0.1, 0.15) is 15.9 Å². The van der Waals surface area contributed by atoms with Gasteiger partial charge in [-0.05, 0) is 35.9 Å². The van der Waals surface area contributed by atoms with Crippen molar-refractivity contribution in [2.45, 2.75) is 12.5 Å². The fourth-order valence-electron chi connectivity index (χ4n) is 3.24. The van der Waals surface area contributed by atoms with Gasteiger partial charge in [0, 0.05) is 30.8 Å². The summed E-state index contributed by atoms with van der Waals surface area (Å²) in [6, 6.07) is 11.7. The van der Waals surface area contributed by atoms with Crippen molar-refractivity contribution in [2.75, 3.05) is 31.6 Å². The summed E-state index contributed by atoms with van der Waals surface area (Å²) in [5, 5.41) is 14.8. The van der Waals surface area contributed by atoms with Crippen molar-refractivity contribution in [2.24, 2.45) is 16.5 Å². The average Bonchev–Trinajstić information content (AvgIpc) is 2.80. The van der Waals surface area contributed by atoms with E-state index in [2.05, 4.69) is 15.6 Å². The topological polar surface area (TPSA) is 172 Å². The smallest absolute Gasteiger partial charge is 0.326 e. The van der Waals surface area contributed by atoms with Crippen molar-refractivity contribution in [1.82, 2.24) is 10.2 Å². The van der Waals surface area contributed by atoms with Gasteiger partial charge in [-0.2, -0.15) is 0 Å². The van der Waals surface area contributed by atoms with Gasteiger partial charge in [0.05, 0.1) is 18.9 Å². The van der Waals surface area contributed by atoms with Crippen LogP contribution < -0.4 is 22.1 Å². The highest BCUT2D eigenvalue weighted by Gasteiger charge is 2.24. The Kier molecular flexibility index (Phi) is 7.82. The quantitative estimate of drug-likeness (QED) is 0.305. The van der Waals surface area contributed by atoms with Crippen molar-refractivity contribution in [1.29, 1.82) is 0 Å². The first-order valence-corrected chi connectivity index (χ1v) is 10.3. The molecule has 1 heterocycles. The molecule has 11 heteroatoms. The number of rotatable bonds is 7. The third-order valence-corrected chi connectivity index (χ3v) is 4.91. The molecule has 3 rings (SSSR count). The number of guanidine groups is 1. The molecule has 33 heavy (non-hydrogen) atoms. The molecule has 1 fully saturated rings. The molecule has 2 aromatic carbocycles. The predicted molar refractivity (Wildman–Crippen MR) is 122 cm³/mol. The average molecular weight is 454 g/mol. The van der Waals surface area contributed by atoms with Gasteiger partial charge in [-0.1, -0.05) is 18.2 Å². The summed E-state index contributed by atoms with van der Waals surface area (Å²) < 4.78 is 5.20. The number of carbonyl (C=O) groups excluding carboxylic acids is 2. The molecule has 1 saturated heterocycles. The minimum Gasteiger partial charge on any atom is -0.480 e. The van der Waals surface area contributed by atoms with E-state index in [1.165, 1.54) is 4.90 Å². The second kappa shape index (κ2) is 11.0. The third kappa shape index (κ3) is 6.94. The molecule has 0 saturated carbocycles. The zero-order chi connectivity index (χ0) is 23.8. The van der Waals surface area contributed by atoms with Crippen LogP contribution in [0.3, 0.4) is 0 Å². The van der Waals surface area contributed by atoms with Crippen molar-refractivity contribution >= 4 is 35.2 Å². The number of nitrogens with zero attached hydrogens (tertiary/aromatic N) is 2. The number of aliphatic imine (C=N–C) groups is 1. The minimum absolute atomic E-state index is 0.0974. The van der Waals surface area contributed by atoms with Crippen molar-refractivity contribution in [3.8, 4) is 0 Å². The molecule has 0 radical (unpaired) electrons. The second-order valence-electron chi connectivity index (χ2n) is 7.38. The maximum atomic E-state index is 12.5. The monoisotopic (exact) mass is 454 g/mol. The van der Waals surface area contributed by atoms with Crippen LogP contribution >= 0.6 is 0 Å². The zero-order valence-electron chi connectivity index (χ0n) is 17.9. The number of carboxylic acids is 1. The lowest BCUT2D eigenvalue weighted by Gasteiger charge is -2.28. The summed E-state index contributed by atoms with van der Waals surface area (Å²) in [5.41, 5.74) is 12.8. The number of carboxylic acid groups (broad SMARTS) is 1. The van der Waals surface area contributed by atoms with Crippen LogP contribution in [0.2, 0.25) is 0 Å².